The number of guanidine groups is 1. The van der Waals surface area contributed by atoms with E-state index in [1.165, 1.54) is 5.56 Å². The third-order valence-corrected chi connectivity index (χ3v) is 4.65. The van der Waals surface area contributed by atoms with Crippen LogP contribution in [0.2, 0.25) is 0 Å². The first-order valence-corrected chi connectivity index (χ1v) is 9.29. The first kappa shape index (κ1) is 21.5. The average Bonchev–Trinajstić information content (AvgIpc) is 3.06. The van der Waals surface area contributed by atoms with Crippen molar-refractivity contribution in [1.82, 2.24) is 25.4 Å². The first-order valence-electron chi connectivity index (χ1n) is 9.29. The molecule has 148 valence electrons. The van der Waals surface area contributed by atoms with Gasteiger partial charge in [0.05, 0.1) is 12.7 Å². The fraction of sp³-hybridized carbons (Fsp3) is 0.526. The molecule has 0 spiro atoms. The molecule has 0 saturated carbocycles. The van der Waals surface area contributed by atoms with Gasteiger partial charge in [-0.25, -0.2) is 4.98 Å². The molecule has 0 radical (unpaired) electrons. The summed E-state index contributed by atoms with van der Waals surface area (Å²) in [6, 6.07) is 6.65. The maximum Gasteiger partial charge on any atom is 0.191 e. The van der Waals surface area contributed by atoms with Crippen molar-refractivity contribution < 1.29 is 0 Å². The van der Waals surface area contributed by atoms with Crippen LogP contribution >= 0.6 is 24.0 Å². The molecule has 1 aliphatic heterocycles. The van der Waals surface area contributed by atoms with Gasteiger partial charge in [0.1, 0.15) is 5.82 Å². The highest BCUT2D eigenvalue weighted by molar-refractivity contribution is 14.0. The molecule has 3 rings (SSSR count). The Balaban J connectivity index is 0.00000261. The summed E-state index contributed by atoms with van der Waals surface area (Å²) in [4.78, 5) is 11.3. The number of rotatable bonds is 5. The number of hydrogen-bond donors (Lipinski definition) is 2. The zero-order chi connectivity index (χ0) is 18.4. The SMILES string of the molecule is CN=C(NCCn1cc(C)cn1)NC1CCN(c2cccc(C)n2)CC1.I. The molecule has 7 nitrogen and oxygen atoms in total. The number of hydrogen-bond acceptors (Lipinski definition) is 4. The summed E-state index contributed by atoms with van der Waals surface area (Å²) in [6.45, 7) is 7.74. The van der Waals surface area contributed by atoms with Crippen LogP contribution in [0.3, 0.4) is 0 Å². The summed E-state index contributed by atoms with van der Waals surface area (Å²) in [5.74, 6) is 1.95. The second-order valence-corrected chi connectivity index (χ2v) is 6.82. The van der Waals surface area contributed by atoms with Crippen LogP contribution < -0.4 is 15.5 Å². The molecule has 0 atom stereocenters. The Morgan fingerprint density at radius 2 is 2.04 bits per heavy atom. The normalized spacial score (nSPS) is 15.4. The molecule has 27 heavy (non-hydrogen) atoms. The van der Waals surface area contributed by atoms with Gasteiger partial charge in [-0.3, -0.25) is 9.67 Å². The van der Waals surface area contributed by atoms with Crippen molar-refractivity contribution in [3.63, 3.8) is 0 Å². The molecule has 1 fully saturated rings. The quantitative estimate of drug-likeness (QED) is 0.388. The summed E-state index contributed by atoms with van der Waals surface area (Å²) >= 11 is 0. The standard InChI is InChI=1S/C19H29N7.HI/c1-15-13-22-26(14-15)12-9-21-19(20-3)24-17-7-10-25(11-8-17)18-6-4-5-16(2)23-18;/h4-6,13-14,17H,7-12H2,1-3H3,(H2,20,21,24);1H. The van der Waals surface area contributed by atoms with Crippen LogP contribution in [-0.4, -0.2) is 53.4 Å². The van der Waals surface area contributed by atoms with Crippen LogP contribution in [0.25, 0.3) is 0 Å². The maximum atomic E-state index is 4.63. The van der Waals surface area contributed by atoms with E-state index in [4.69, 9.17) is 0 Å². The summed E-state index contributed by atoms with van der Waals surface area (Å²) < 4.78 is 1.95. The van der Waals surface area contributed by atoms with E-state index in [1.807, 2.05) is 37.1 Å². The number of aryl methyl sites for hydroxylation is 2. The van der Waals surface area contributed by atoms with Crippen molar-refractivity contribution >= 4 is 35.8 Å². The van der Waals surface area contributed by atoms with Gasteiger partial charge in [0.2, 0.25) is 0 Å². The van der Waals surface area contributed by atoms with Crippen LogP contribution in [-0.2, 0) is 6.54 Å². The fourth-order valence-corrected chi connectivity index (χ4v) is 3.22. The average molecular weight is 483 g/mol. The molecule has 2 aromatic heterocycles. The Labute approximate surface area is 178 Å². The molecule has 1 aliphatic rings. The van der Waals surface area contributed by atoms with E-state index in [2.05, 4.69) is 49.7 Å². The molecule has 0 amide bonds. The molecule has 0 bridgehead atoms. The van der Waals surface area contributed by atoms with E-state index in [9.17, 15) is 0 Å². The maximum absolute atomic E-state index is 4.63. The van der Waals surface area contributed by atoms with Crippen molar-refractivity contribution in [3.8, 4) is 0 Å². The number of piperidine rings is 1. The topological polar surface area (TPSA) is 70.4 Å². The largest absolute Gasteiger partial charge is 0.356 e. The van der Waals surface area contributed by atoms with Crippen LogP contribution in [0.4, 0.5) is 5.82 Å². The number of halogens is 1. The number of anilines is 1. The Kier molecular flexibility index (Phi) is 8.33. The second-order valence-electron chi connectivity index (χ2n) is 6.82. The number of pyridine rings is 1. The molecule has 1 saturated heterocycles. The Bertz CT molecular complexity index is 735. The monoisotopic (exact) mass is 483 g/mol. The van der Waals surface area contributed by atoms with E-state index < -0.39 is 0 Å². The number of aromatic nitrogens is 3. The van der Waals surface area contributed by atoms with E-state index >= 15 is 0 Å². The van der Waals surface area contributed by atoms with Crippen molar-refractivity contribution in [3.05, 3.63) is 41.9 Å². The Hall–Kier alpha value is -1.84. The van der Waals surface area contributed by atoms with Gasteiger partial charge in [-0.05, 0) is 44.4 Å². The van der Waals surface area contributed by atoms with Crippen LogP contribution in [0.1, 0.15) is 24.1 Å². The van der Waals surface area contributed by atoms with Crippen LogP contribution in [0.5, 0.6) is 0 Å². The molecule has 0 aliphatic carbocycles. The summed E-state index contributed by atoms with van der Waals surface area (Å²) in [5, 5.41) is 11.2. The second kappa shape index (κ2) is 10.5. The summed E-state index contributed by atoms with van der Waals surface area (Å²) in [6.07, 6.45) is 6.08. The number of nitrogens with one attached hydrogen (secondary N) is 2. The number of nitrogens with zero attached hydrogens (tertiary/aromatic N) is 5. The minimum Gasteiger partial charge on any atom is -0.356 e. The highest BCUT2D eigenvalue weighted by atomic mass is 127. The third-order valence-electron chi connectivity index (χ3n) is 4.65. The third kappa shape index (κ3) is 6.37. The molecule has 2 N–H and O–H groups in total. The molecule has 0 aromatic carbocycles. The highest BCUT2D eigenvalue weighted by Crippen LogP contribution is 2.18. The predicted octanol–water partition coefficient (Wildman–Crippen LogP) is 2.35. The van der Waals surface area contributed by atoms with Gasteiger partial charge >= 0.3 is 0 Å². The smallest absolute Gasteiger partial charge is 0.191 e. The molecular weight excluding hydrogens is 453 g/mol. The van der Waals surface area contributed by atoms with Gasteiger partial charge in [0, 0.05) is 44.6 Å². The molecule has 8 heteroatoms. The van der Waals surface area contributed by atoms with Crippen molar-refractivity contribution in [1.29, 1.82) is 0 Å². The van der Waals surface area contributed by atoms with E-state index in [0.29, 0.717) is 6.04 Å². The van der Waals surface area contributed by atoms with Crippen LogP contribution in [0, 0.1) is 13.8 Å². The summed E-state index contributed by atoms with van der Waals surface area (Å²) in [5.41, 5.74) is 2.25. The van der Waals surface area contributed by atoms with Crippen molar-refractivity contribution in [2.75, 3.05) is 31.6 Å². The lowest BCUT2D eigenvalue weighted by Gasteiger charge is -2.34. The lowest BCUT2D eigenvalue weighted by Crippen LogP contribution is -2.49. The molecule has 0 unspecified atom stereocenters. The van der Waals surface area contributed by atoms with Gasteiger partial charge in [0.15, 0.2) is 5.96 Å². The lowest BCUT2D eigenvalue weighted by molar-refractivity contribution is 0.458. The fourth-order valence-electron chi connectivity index (χ4n) is 3.22. The van der Waals surface area contributed by atoms with Crippen molar-refractivity contribution in [2.45, 2.75) is 39.3 Å². The molecule has 3 heterocycles. The Morgan fingerprint density at radius 3 is 2.67 bits per heavy atom. The van der Waals surface area contributed by atoms with Gasteiger partial charge in [0.25, 0.3) is 0 Å². The van der Waals surface area contributed by atoms with Gasteiger partial charge in [-0.1, -0.05) is 6.07 Å². The van der Waals surface area contributed by atoms with E-state index in [0.717, 1.165) is 56.5 Å². The van der Waals surface area contributed by atoms with Gasteiger partial charge in [-0.15, -0.1) is 24.0 Å². The zero-order valence-electron chi connectivity index (χ0n) is 16.4. The highest BCUT2D eigenvalue weighted by Gasteiger charge is 2.20. The van der Waals surface area contributed by atoms with Crippen LogP contribution in [0.15, 0.2) is 35.6 Å². The zero-order valence-corrected chi connectivity index (χ0v) is 18.7. The molecule has 2 aromatic rings. The van der Waals surface area contributed by atoms with E-state index in [-0.39, 0.29) is 24.0 Å². The summed E-state index contributed by atoms with van der Waals surface area (Å²) in [7, 11) is 1.82. The Morgan fingerprint density at radius 1 is 1.26 bits per heavy atom. The first-order chi connectivity index (χ1) is 12.6. The van der Waals surface area contributed by atoms with Crippen molar-refractivity contribution in [2.24, 2.45) is 4.99 Å². The minimum absolute atomic E-state index is 0. The van der Waals surface area contributed by atoms with Gasteiger partial charge in [-0.2, -0.15) is 5.10 Å². The number of aliphatic imine (C=N–C) groups is 1. The molecular formula is C19H30IN7. The van der Waals surface area contributed by atoms with Gasteiger partial charge < -0.3 is 15.5 Å². The predicted molar refractivity (Wildman–Crippen MR) is 121 cm³/mol. The van der Waals surface area contributed by atoms with E-state index in [1.54, 1.807) is 0 Å². The lowest BCUT2D eigenvalue weighted by atomic mass is 10.1. The minimum atomic E-state index is 0.